The number of amides is 2. The summed E-state index contributed by atoms with van der Waals surface area (Å²) >= 11 is 0. The highest BCUT2D eigenvalue weighted by Crippen LogP contribution is 2.25. The van der Waals surface area contributed by atoms with Crippen LogP contribution < -0.4 is 10.7 Å². The number of hydrazone groups is 1. The number of rotatable bonds is 3. The van der Waals surface area contributed by atoms with Crippen LogP contribution in [0, 0.1) is 6.92 Å². The number of aryl methyl sites for hydroxylation is 1. The molecular weight excluding hydrogens is 308 g/mol. The van der Waals surface area contributed by atoms with Crippen molar-refractivity contribution in [2.24, 2.45) is 5.10 Å². The zero-order chi connectivity index (χ0) is 17.1. The van der Waals surface area contributed by atoms with Gasteiger partial charge in [0.2, 0.25) is 5.91 Å². The Hall–Kier alpha value is -3.22. The van der Waals surface area contributed by atoms with Gasteiger partial charge in [0.15, 0.2) is 0 Å². The SMILES string of the molecule is Cc1cccc(C(=O)Nc2ccc(C3=NNC(=O)CC3)c(O)c2)n1. The van der Waals surface area contributed by atoms with Gasteiger partial charge in [-0.15, -0.1) is 0 Å². The molecule has 24 heavy (non-hydrogen) atoms. The first-order valence-electron chi connectivity index (χ1n) is 7.47. The molecule has 0 spiro atoms. The van der Waals surface area contributed by atoms with Crippen LogP contribution in [0.5, 0.6) is 5.75 Å². The topological polar surface area (TPSA) is 104 Å². The summed E-state index contributed by atoms with van der Waals surface area (Å²) < 4.78 is 0. The molecule has 3 rings (SSSR count). The number of carbonyl (C=O) groups excluding carboxylic acids is 2. The molecular formula is C17H16N4O3. The maximum Gasteiger partial charge on any atom is 0.274 e. The molecule has 0 unspecified atom stereocenters. The summed E-state index contributed by atoms with van der Waals surface area (Å²) in [6.07, 6.45) is 0.786. The van der Waals surface area contributed by atoms with Gasteiger partial charge in [0.25, 0.3) is 5.91 Å². The number of benzene rings is 1. The van der Waals surface area contributed by atoms with Crippen LogP contribution >= 0.6 is 0 Å². The molecule has 7 heteroatoms. The van der Waals surface area contributed by atoms with Crippen molar-refractivity contribution < 1.29 is 14.7 Å². The van der Waals surface area contributed by atoms with Gasteiger partial charge in [-0.25, -0.2) is 10.4 Å². The zero-order valence-electron chi connectivity index (χ0n) is 13.0. The Morgan fingerprint density at radius 3 is 2.75 bits per heavy atom. The normalized spacial score (nSPS) is 13.9. The van der Waals surface area contributed by atoms with Crippen molar-refractivity contribution in [2.45, 2.75) is 19.8 Å². The van der Waals surface area contributed by atoms with E-state index in [1.54, 1.807) is 37.3 Å². The lowest BCUT2D eigenvalue weighted by Gasteiger charge is -2.14. The van der Waals surface area contributed by atoms with Crippen LogP contribution in [0.4, 0.5) is 5.69 Å². The lowest BCUT2D eigenvalue weighted by molar-refractivity contribution is -0.121. The molecule has 0 radical (unpaired) electrons. The first-order valence-corrected chi connectivity index (χ1v) is 7.47. The van der Waals surface area contributed by atoms with Gasteiger partial charge >= 0.3 is 0 Å². The van der Waals surface area contributed by atoms with Crippen LogP contribution in [0.1, 0.15) is 34.6 Å². The molecule has 1 aliphatic rings. The highest BCUT2D eigenvalue weighted by Gasteiger charge is 2.17. The summed E-state index contributed by atoms with van der Waals surface area (Å²) in [6, 6.07) is 9.96. The Bertz CT molecular complexity index is 845. The van der Waals surface area contributed by atoms with Gasteiger partial charge < -0.3 is 10.4 Å². The summed E-state index contributed by atoms with van der Waals surface area (Å²) in [4.78, 5) is 27.5. The average molecular weight is 324 g/mol. The molecule has 0 fully saturated rings. The van der Waals surface area contributed by atoms with Crippen LogP contribution in [-0.4, -0.2) is 27.6 Å². The van der Waals surface area contributed by atoms with Gasteiger partial charge in [-0.3, -0.25) is 9.59 Å². The number of hydrogen-bond acceptors (Lipinski definition) is 5. The van der Waals surface area contributed by atoms with E-state index in [-0.39, 0.29) is 17.6 Å². The molecule has 7 nitrogen and oxygen atoms in total. The number of phenolic OH excluding ortho intramolecular Hbond substituents is 1. The third-order valence-corrected chi connectivity index (χ3v) is 3.59. The monoisotopic (exact) mass is 324 g/mol. The van der Waals surface area contributed by atoms with Crippen molar-refractivity contribution in [3.8, 4) is 5.75 Å². The highest BCUT2D eigenvalue weighted by atomic mass is 16.3. The van der Waals surface area contributed by atoms with Crippen molar-refractivity contribution in [2.75, 3.05) is 5.32 Å². The fourth-order valence-electron chi connectivity index (χ4n) is 2.39. The molecule has 0 bridgehead atoms. The van der Waals surface area contributed by atoms with Crippen molar-refractivity contribution in [3.63, 3.8) is 0 Å². The van der Waals surface area contributed by atoms with Crippen molar-refractivity contribution in [1.29, 1.82) is 0 Å². The number of nitrogens with zero attached hydrogens (tertiary/aromatic N) is 2. The number of phenols is 1. The predicted molar refractivity (Wildman–Crippen MR) is 88.9 cm³/mol. The van der Waals surface area contributed by atoms with E-state index in [0.717, 1.165) is 5.69 Å². The smallest absolute Gasteiger partial charge is 0.274 e. The van der Waals surface area contributed by atoms with E-state index in [1.807, 2.05) is 0 Å². The molecule has 122 valence electrons. The maximum absolute atomic E-state index is 12.2. The number of pyridine rings is 1. The minimum absolute atomic E-state index is 0.0140. The molecule has 0 aliphatic carbocycles. The van der Waals surface area contributed by atoms with E-state index in [1.165, 1.54) is 6.07 Å². The summed E-state index contributed by atoms with van der Waals surface area (Å²) in [5.41, 5.74) is 5.02. The van der Waals surface area contributed by atoms with Crippen molar-refractivity contribution >= 4 is 23.2 Å². The maximum atomic E-state index is 12.2. The van der Waals surface area contributed by atoms with Crippen LogP contribution in [0.25, 0.3) is 0 Å². The van der Waals surface area contributed by atoms with Gasteiger partial charge in [0.1, 0.15) is 11.4 Å². The Balaban J connectivity index is 1.77. The molecule has 0 saturated carbocycles. The van der Waals surface area contributed by atoms with Crippen LogP contribution in [0.3, 0.4) is 0 Å². The summed E-state index contributed by atoms with van der Waals surface area (Å²) in [6.45, 7) is 1.81. The number of anilines is 1. The van der Waals surface area contributed by atoms with Gasteiger partial charge in [-0.05, 0) is 31.2 Å². The highest BCUT2D eigenvalue weighted by molar-refractivity contribution is 6.07. The van der Waals surface area contributed by atoms with E-state index in [0.29, 0.717) is 35.5 Å². The van der Waals surface area contributed by atoms with Crippen molar-refractivity contribution in [3.05, 3.63) is 53.3 Å². The van der Waals surface area contributed by atoms with Crippen LogP contribution in [0.2, 0.25) is 0 Å². The van der Waals surface area contributed by atoms with Crippen LogP contribution in [-0.2, 0) is 4.79 Å². The van der Waals surface area contributed by atoms with Gasteiger partial charge in [0.05, 0.1) is 5.71 Å². The van der Waals surface area contributed by atoms with E-state index < -0.39 is 0 Å². The number of carbonyl (C=O) groups is 2. The van der Waals surface area contributed by atoms with Crippen LogP contribution in [0.15, 0.2) is 41.5 Å². The quantitative estimate of drug-likeness (QED) is 0.803. The second-order valence-electron chi connectivity index (χ2n) is 5.44. The molecule has 2 heterocycles. The number of hydrogen-bond donors (Lipinski definition) is 3. The molecule has 1 aromatic carbocycles. The molecule has 0 atom stereocenters. The fraction of sp³-hybridized carbons (Fsp3) is 0.176. The van der Waals surface area contributed by atoms with Gasteiger partial charge in [-0.2, -0.15) is 5.10 Å². The minimum Gasteiger partial charge on any atom is -0.507 e. The molecule has 1 aliphatic heterocycles. The van der Waals surface area contributed by atoms with Gasteiger partial charge in [0, 0.05) is 35.9 Å². The van der Waals surface area contributed by atoms with E-state index in [4.69, 9.17) is 0 Å². The third kappa shape index (κ3) is 3.40. The van der Waals surface area contributed by atoms with E-state index in [9.17, 15) is 14.7 Å². The molecule has 2 aromatic rings. The summed E-state index contributed by atoms with van der Waals surface area (Å²) in [7, 11) is 0. The molecule has 2 amide bonds. The number of nitrogens with one attached hydrogen (secondary N) is 2. The lowest BCUT2D eigenvalue weighted by atomic mass is 10.0. The molecule has 3 N–H and O–H groups in total. The van der Waals surface area contributed by atoms with Crippen molar-refractivity contribution in [1.82, 2.24) is 10.4 Å². The van der Waals surface area contributed by atoms with E-state index in [2.05, 4.69) is 20.8 Å². The second kappa shape index (κ2) is 6.49. The minimum atomic E-state index is -0.354. The largest absolute Gasteiger partial charge is 0.507 e. The third-order valence-electron chi connectivity index (χ3n) is 3.59. The molecule has 1 aromatic heterocycles. The predicted octanol–water partition coefficient (Wildman–Crippen LogP) is 1.96. The van der Waals surface area contributed by atoms with E-state index >= 15 is 0 Å². The Kier molecular flexibility index (Phi) is 4.24. The number of aromatic hydroxyl groups is 1. The lowest BCUT2D eigenvalue weighted by Crippen LogP contribution is -2.26. The Morgan fingerprint density at radius 2 is 2.08 bits per heavy atom. The summed E-state index contributed by atoms with van der Waals surface area (Å²) in [5.74, 6) is -0.513. The van der Waals surface area contributed by atoms with Gasteiger partial charge in [-0.1, -0.05) is 6.07 Å². The second-order valence-corrected chi connectivity index (χ2v) is 5.44. The molecule has 0 saturated heterocycles. The number of aromatic nitrogens is 1. The Morgan fingerprint density at radius 1 is 1.25 bits per heavy atom. The summed E-state index contributed by atoms with van der Waals surface area (Å²) in [5, 5.41) is 16.8. The first-order chi connectivity index (χ1) is 11.5. The average Bonchev–Trinajstić information content (AvgIpc) is 2.56. The fourth-order valence-corrected chi connectivity index (χ4v) is 2.39. The first kappa shape index (κ1) is 15.7. The Labute approximate surface area is 138 Å². The zero-order valence-corrected chi connectivity index (χ0v) is 13.0. The standard InChI is InChI=1S/C17H16N4O3/c1-10-3-2-4-14(18-10)17(24)19-11-5-6-12(15(22)9-11)13-7-8-16(23)21-20-13/h2-6,9,22H,7-8H2,1H3,(H,19,24)(H,21,23).